The zero-order valence-electron chi connectivity index (χ0n) is 22.4. The summed E-state index contributed by atoms with van der Waals surface area (Å²) in [4.78, 5) is 0. The number of hydrogen-bond acceptors (Lipinski definition) is 0. The van der Waals surface area contributed by atoms with Crippen LogP contribution < -0.4 is 0 Å². The van der Waals surface area contributed by atoms with E-state index in [1.165, 1.54) is 75.8 Å². The molecule has 0 fully saturated rings. The van der Waals surface area contributed by atoms with E-state index in [0.29, 0.717) is 5.92 Å². The van der Waals surface area contributed by atoms with Crippen molar-refractivity contribution in [3.63, 3.8) is 0 Å². The van der Waals surface area contributed by atoms with Crippen LogP contribution in [0.4, 0.5) is 0 Å². The molecule has 0 spiro atoms. The lowest BCUT2D eigenvalue weighted by molar-refractivity contribution is 0.706. The van der Waals surface area contributed by atoms with Crippen LogP contribution in [0.5, 0.6) is 0 Å². The first kappa shape index (κ1) is 23.7. The molecular weight excluding hydrogens is 444 g/mol. The Bertz CT molecular complexity index is 1500. The van der Waals surface area contributed by atoms with Crippen LogP contribution in [0.3, 0.4) is 0 Å². The molecular formula is C37H36. The summed E-state index contributed by atoms with van der Waals surface area (Å²) in [5, 5.41) is 0. The van der Waals surface area contributed by atoms with Gasteiger partial charge in [0.1, 0.15) is 0 Å². The second-order valence-corrected chi connectivity index (χ2v) is 11.0. The Labute approximate surface area is 222 Å². The van der Waals surface area contributed by atoms with Gasteiger partial charge < -0.3 is 0 Å². The van der Waals surface area contributed by atoms with Gasteiger partial charge in [0.25, 0.3) is 0 Å². The van der Waals surface area contributed by atoms with Gasteiger partial charge in [-0.1, -0.05) is 102 Å². The number of benzene rings is 3. The Hall–Kier alpha value is -3.64. The van der Waals surface area contributed by atoms with Crippen molar-refractivity contribution in [3.05, 3.63) is 136 Å². The average Bonchev–Trinajstić information content (AvgIpc) is 2.93. The molecule has 0 heterocycles. The number of rotatable bonds is 4. The highest BCUT2D eigenvalue weighted by atomic mass is 14.3. The lowest BCUT2D eigenvalue weighted by Gasteiger charge is -2.30. The van der Waals surface area contributed by atoms with E-state index in [4.69, 9.17) is 0 Å². The van der Waals surface area contributed by atoms with E-state index in [9.17, 15) is 0 Å². The van der Waals surface area contributed by atoms with Crippen LogP contribution in [0, 0.1) is 19.8 Å². The Kier molecular flexibility index (Phi) is 6.43. The average molecular weight is 481 g/mol. The number of hydrogen-bond donors (Lipinski definition) is 0. The Morgan fingerprint density at radius 2 is 1.46 bits per heavy atom. The fraction of sp³-hybridized carbons (Fsp3) is 0.243. The second-order valence-electron chi connectivity index (χ2n) is 11.0. The number of aryl methyl sites for hydroxylation is 2. The maximum absolute atomic E-state index is 2.52. The molecule has 0 nitrogen and oxygen atoms in total. The standard InChI is InChI=1S/C37H36/c1-25-14-16-28(17-15-25)30-10-6-11-31(24-30)32-18-20-34(26(2)22-32)35-21-19-33(23-27(35)3)37-13-7-9-29-8-4-5-12-36(29)37/h4,6,8,10-11,13-22,24,33H,5,7,9,12,23H2,1-3H3. The van der Waals surface area contributed by atoms with Crippen LogP contribution in [0.15, 0.2) is 119 Å². The minimum Gasteiger partial charge on any atom is -0.0839 e. The van der Waals surface area contributed by atoms with Crippen LogP contribution in [0.2, 0.25) is 0 Å². The van der Waals surface area contributed by atoms with Crippen molar-refractivity contribution in [1.82, 2.24) is 0 Å². The van der Waals surface area contributed by atoms with Gasteiger partial charge in [-0.15, -0.1) is 0 Å². The predicted molar refractivity (Wildman–Crippen MR) is 159 cm³/mol. The minimum atomic E-state index is 0.518. The molecule has 37 heavy (non-hydrogen) atoms. The Morgan fingerprint density at radius 1 is 0.703 bits per heavy atom. The van der Waals surface area contributed by atoms with Crippen LogP contribution in [-0.4, -0.2) is 0 Å². The summed E-state index contributed by atoms with van der Waals surface area (Å²) in [6, 6.07) is 24.7. The molecule has 0 saturated carbocycles. The minimum absolute atomic E-state index is 0.518. The molecule has 3 aromatic rings. The van der Waals surface area contributed by atoms with E-state index in [1.807, 2.05) is 0 Å². The molecule has 0 aliphatic heterocycles. The molecule has 1 atom stereocenters. The number of allylic oxidation sites excluding steroid dienone is 10. The van der Waals surface area contributed by atoms with Gasteiger partial charge in [-0.2, -0.15) is 0 Å². The van der Waals surface area contributed by atoms with Gasteiger partial charge in [-0.05, 0) is 115 Å². The summed E-state index contributed by atoms with van der Waals surface area (Å²) in [7, 11) is 0. The molecule has 0 N–H and O–H groups in total. The molecule has 0 radical (unpaired) electrons. The van der Waals surface area contributed by atoms with Gasteiger partial charge in [0, 0.05) is 5.92 Å². The topological polar surface area (TPSA) is 0 Å². The molecule has 184 valence electrons. The SMILES string of the molecule is CC1=C(c2ccc(-c3cccc(-c4ccc(C)cc4)c3)cc2C)C=CC(C2=CCCC3=C2CCC=C3)C1. The van der Waals surface area contributed by atoms with E-state index in [1.54, 1.807) is 16.7 Å². The molecule has 3 aliphatic rings. The summed E-state index contributed by atoms with van der Waals surface area (Å²) in [5.41, 5.74) is 16.8. The van der Waals surface area contributed by atoms with E-state index in [0.717, 1.165) is 6.42 Å². The fourth-order valence-electron chi connectivity index (χ4n) is 6.33. The summed E-state index contributed by atoms with van der Waals surface area (Å²) in [6.45, 7) is 6.74. The maximum Gasteiger partial charge on any atom is 0.00583 e. The Morgan fingerprint density at radius 3 is 2.24 bits per heavy atom. The summed E-state index contributed by atoms with van der Waals surface area (Å²) >= 11 is 0. The first-order valence-electron chi connectivity index (χ1n) is 13.8. The third-order valence-electron chi connectivity index (χ3n) is 8.37. The van der Waals surface area contributed by atoms with Gasteiger partial charge in [0.15, 0.2) is 0 Å². The first-order valence-corrected chi connectivity index (χ1v) is 13.8. The quantitative estimate of drug-likeness (QED) is 0.348. The molecule has 0 bridgehead atoms. The van der Waals surface area contributed by atoms with Gasteiger partial charge >= 0.3 is 0 Å². The first-order chi connectivity index (χ1) is 18.1. The smallest absolute Gasteiger partial charge is 0.00583 e. The van der Waals surface area contributed by atoms with Crippen molar-refractivity contribution in [2.24, 2.45) is 5.92 Å². The van der Waals surface area contributed by atoms with Crippen molar-refractivity contribution in [3.8, 4) is 22.3 Å². The summed E-state index contributed by atoms with van der Waals surface area (Å²) in [5.74, 6) is 0.518. The third-order valence-corrected chi connectivity index (χ3v) is 8.37. The predicted octanol–water partition coefficient (Wildman–Crippen LogP) is 10.4. The third kappa shape index (κ3) is 4.74. The second kappa shape index (κ2) is 10.0. The summed E-state index contributed by atoms with van der Waals surface area (Å²) < 4.78 is 0. The van der Waals surface area contributed by atoms with Gasteiger partial charge in [0.05, 0.1) is 0 Å². The lowest BCUT2D eigenvalue weighted by Crippen LogP contribution is -2.13. The van der Waals surface area contributed by atoms with Gasteiger partial charge in [-0.25, -0.2) is 0 Å². The van der Waals surface area contributed by atoms with Crippen LogP contribution in [-0.2, 0) is 0 Å². The molecule has 6 rings (SSSR count). The Balaban J connectivity index is 1.25. The highest BCUT2D eigenvalue weighted by Gasteiger charge is 2.25. The van der Waals surface area contributed by atoms with Gasteiger partial charge in [-0.3, -0.25) is 0 Å². The van der Waals surface area contributed by atoms with E-state index >= 15 is 0 Å². The lowest BCUT2D eigenvalue weighted by atomic mass is 9.75. The maximum atomic E-state index is 2.52. The zero-order chi connectivity index (χ0) is 25.4. The highest BCUT2D eigenvalue weighted by molar-refractivity contribution is 5.82. The van der Waals surface area contributed by atoms with E-state index in [-0.39, 0.29) is 0 Å². The van der Waals surface area contributed by atoms with E-state index < -0.39 is 0 Å². The molecule has 1 unspecified atom stereocenters. The van der Waals surface area contributed by atoms with Crippen molar-refractivity contribution < 1.29 is 0 Å². The van der Waals surface area contributed by atoms with Gasteiger partial charge in [0.2, 0.25) is 0 Å². The summed E-state index contributed by atoms with van der Waals surface area (Å²) in [6.07, 6.45) is 18.1. The van der Waals surface area contributed by atoms with Crippen molar-refractivity contribution in [1.29, 1.82) is 0 Å². The van der Waals surface area contributed by atoms with Crippen molar-refractivity contribution in [2.75, 3.05) is 0 Å². The highest BCUT2D eigenvalue weighted by Crippen LogP contribution is 2.42. The van der Waals surface area contributed by atoms with Crippen molar-refractivity contribution in [2.45, 2.75) is 52.9 Å². The normalized spacial score (nSPS) is 19.2. The monoisotopic (exact) mass is 480 g/mol. The molecule has 0 saturated heterocycles. The molecule has 3 aliphatic carbocycles. The van der Waals surface area contributed by atoms with Crippen LogP contribution in [0.25, 0.3) is 27.8 Å². The molecule has 0 amide bonds. The fourth-order valence-corrected chi connectivity index (χ4v) is 6.33. The molecule has 3 aromatic carbocycles. The molecule has 0 aromatic heterocycles. The van der Waals surface area contributed by atoms with Crippen LogP contribution in [0.1, 0.15) is 55.7 Å². The molecule has 0 heteroatoms. The zero-order valence-corrected chi connectivity index (χ0v) is 22.4. The van der Waals surface area contributed by atoms with Crippen molar-refractivity contribution >= 4 is 5.57 Å². The van der Waals surface area contributed by atoms with Crippen LogP contribution >= 0.6 is 0 Å². The van der Waals surface area contributed by atoms with E-state index in [2.05, 4.69) is 118 Å². The largest absolute Gasteiger partial charge is 0.0839 e.